The quantitative estimate of drug-likeness (QED) is 0.867. The number of sulfonamides is 1. The van der Waals surface area contributed by atoms with Crippen molar-refractivity contribution < 1.29 is 13.5 Å². The monoisotopic (exact) mass is 257 g/mol. The van der Waals surface area contributed by atoms with E-state index in [9.17, 15) is 8.42 Å². The molecule has 0 spiro atoms. The first kappa shape index (κ1) is 14.2. The van der Waals surface area contributed by atoms with E-state index in [4.69, 9.17) is 5.11 Å². The van der Waals surface area contributed by atoms with Gasteiger partial charge in [-0.25, -0.2) is 12.7 Å². The maximum Gasteiger partial charge on any atom is 0.242 e. The average Bonchev–Trinajstić information content (AvgIpc) is 2.26. The summed E-state index contributed by atoms with van der Waals surface area (Å²) < 4.78 is 25.5. The minimum absolute atomic E-state index is 0.288. The minimum atomic E-state index is -3.43. The van der Waals surface area contributed by atoms with Crippen LogP contribution in [0.4, 0.5) is 0 Å². The van der Waals surface area contributed by atoms with Crippen LogP contribution in [0.3, 0.4) is 0 Å². The van der Waals surface area contributed by atoms with Crippen LogP contribution < -0.4 is 0 Å². The molecule has 1 N–H and O–H groups in total. The maximum atomic E-state index is 12.1. The van der Waals surface area contributed by atoms with Crippen molar-refractivity contribution >= 4 is 10.0 Å². The Morgan fingerprint density at radius 2 is 1.82 bits per heavy atom. The van der Waals surface area contributed by atoms with E-state index in [1.165, 1.54) is 11.4 Å². The van der Waals surface area contributed by atoms with Crippen molar-refractivity contribution in [3.8, 4) is 0 Å². The second kappa shape index (κ2) is 5.62. The molecule has 1 unspecified atom stereocenters. The summed E-state index contributed by atoms with van der Waals surface area (Å²) in [6.45, 7) is 3.87. The number of aryl methyl sites for hydroxylation is 1. The predicted molar refractivity (Wildman–Crippen MR) is 67.3 cm³/mol. The molecular weight excluding hydrogens is 238 g/mol. The first-order chi connectivity index (χ1) is 7.84. The lowest BCUT2D eigenvalue weighted by Gasteiger charge is -2.18. The summed E-state index contributed by atoms with van der Waals surface area (Å²) in [4.78, 5) is 0.288. The Kier molecular flexibility index (Phi) is 4.68. The smallest absolute Gasteiger partial charge is 0.242 e. The fraction of sp³-hybridized carbons (Fsp3) is 0.500. The van der Waals surface area contributed by atoms with Crippen molar-refractivity contribution in [3.05, 3.63) is 29.8 Å². The molecule has 0 aliphatic carbocycles. The normalized spacial score (nSPS) is 13.9. The van der Waals surface area contributed by atoms with Gasteiger partial charge in [-0.15, -0.1) is 0 Å². The minimum Gasteiger partial charge on any atom is -0.393 e. The largest absolute Gasteiger partial charge is 0.393 e. The van der Waals surface area contributed by atoms with Gasteiger partial charge in [-0.2, -0.15) is 0 Å². The van der Waals surface area contributed by atoms with Crippen LogP contribution in [0.25, 0.3) is 0 Å². The molecule has 0 radical (unpaired) electrons. The molecule has 1 aromatic rings. The summed E-state index contributed by atoms with van der Waals surface area (Å²) in [5.41, 5.74) is 1.02. The number of aliphatic hydroxyl groups is 1. The molecule has 0 aliphatic rings. The Labute approximate surface area is 103 Å². The van der Waals surface area contributed by atoms with E-state index >= 15 is 0 Å². The molecule has 0 saturated heterocycles. The van der Waals surface area contributed by atoms with E-state index in [1.807, 2.05) is 6.92 Å². The van der Waals surface area contributed by atoms with Gasteiger partial charge in [-0.3, -0.25) is 0 Å². The third-order valence-electron chi connectivity index (χ3n) is 2.59. The molecule has 4 nitrogen and oxygen atoms in total. The fourth-order valence-corrected chi connectivity index (χ4v) is 2.56. The molecule has 0 amide bonds. The van der Waals surface area contributed by atoms with Crippen LogP contribution in [0.2, 0.25) is 0 Å². The second-order valence-corrected chi connectivity index (χ2v) is 6.32. The number of benzene rings is 1. The first-order valence-corrected chi connectivity index (χ1v) is 6.99. The van der Waals surface area contributed by atoms with Gasteiger partial charge in [-0.05, 0) is 32.4 Å². The Hall–Kier alpha value is -0.910. The first-order valence-electron chi connectivity index (χ1n) is 5.55. The molecule has 0 aliphatic heterocycles. The van der Waals surface area contributed by atoms with Crippen molar-refractivity contribution in [2.24, 2.45) is 0 Å². The molecule has 0 fully saturated rings. The Balaban J connectivity index is 2.84. The Morgan fingerprint density at radius 3 is 2.29 bits per heavy atom. The Bertz CT molecular complexity index is 451. The van der Waals surface area contributed by atoms with E-state index in [-0.39, 0.29) is 4.90 Å². The van der Waals surface area contributed by atoms with Crippen LogP contribution in [0.1, 0.15) is 18.9 Å². The molecule has 0 heterocycles. The maximum absolute atomic E-state index is 12.1. The van der Waals surface area contributed by atoms with Gasteiger partial charge in [0, 0.05) is 13.6 Å². The number of aliphatic hydroxyl groups excluding tert-OH is 1. The van der Waals surface area contributed by atoms with Crippen molar-refractivity contribution in [2.45, 2.75) is 31.3 Å². The molecule has 0 bridgehead atoms. The Morgan fingerprint density at radius 1 is 1.29 bits per heavy atom. The lowest BCUT2D eigenvalue weighted by atomic mass is 10.2. The van der Waals surface area contributed by atoms with Gasteiger partial charge in [-0.1, -0.05) is 17.7 Å². The van der Waals surface area contributed by atoms with Crippen LogP contribution in [0.5, 0.6) is 0 Å². The lowest BCUT2D eigenvalue weighted by molar-refractivity contribution is 0.177. The van der Waals surface area contributed by atoms with Crippen LogP contribution in [-0.4, -0.2) is 37.5 Å². The van der Waals surface area contributed by atoms with E-state index in [1.54, 1.807) is 31.2 Å². The van der Waals surface area contributed by atoms with E-state index < -0.39 is 16.1 Å². The molecule has 96 valence electrons. The highest BCUT2D eigenvalue weighted by Crippen LogP contribution is 2.15. The molecule has 0 saturated carbocycles. The second-order valence-electron chi connectivity index (χ2n) is 4.28. The molecule has 17 heavy (non-hydrogen) atoms. The number of rotatable bonds is 5. The van der Waals surface area contributed by atoms with E-state index in [2.05, 4.69) is 0 Å². The van der Waals surface area contributed by atoms with E-state index in [0.29, 0.717) is 13.0 Å². The van der Waals surface area contributed by atoms with Crippen LogP contribution in [0.15, 0.2) is 29.2 Å². The predicted octanol–water partition coefficient (Wildman–Crippen LogP) is 1.39. The van der Waals surface area contributed by atoms with Crippen molar-refractivity contribution in [1.82, 2.24) is 4.31 Å². The third kappa shape index (κ3) is 3.80. The van der Waals surface area contributed by atoms with Gasteiger partial charge < -0.3 is 5.11 Å². The zero-order valence-corrected chi connectivity index (χ0v) is 11.2. The van der Waals surface area contributed by atoms with Gasteiger partial charge in [0.05, 0.1) is 11.0 Å². The number of hydrogen-bond donors (Lipinski definition) is 1. The van der Waals surface area contributed by atoms with Crippen molar-refractivity contribution in [3.63, 3.8) is 0 Å². The summed E-state index contributed by atoms with van der Waals surface area (Å²) in [7, 11) is -1.90. The zero-order chi connectivity index (χ0) is 13.1. The summed E-state index contributed by atoms with van der Waals surface area (Å²) >= 11 is 0. The lowest BCUT2D eigenvalue weighted by Crippen LogP contribution is -2.29. The molecule has 5 heteroatoms. The molecule has 1 aromatic carbocycles. The standard InChI is InChI=1S/C12H19NO3S/c1-10-4-6-12(7-5-10)17(15,16)13(3)9-8-11(2)14/h4-7,11,14H,8-9H2,1-3H3. The van der Waals surface area contributed by atoms with Crippen LogP contribution in [-0.2, 0) is 10.0 Å². The van der Waals surface area contributed by atoms with Gasteiger partial charge in [0.1, 0.15) is 0 Å². The number of nitrogens with zero attached hydrogens (tertiary/aromatic N) is 1. The summed E-state index contributed by atoms with van der Waals surface area (Å²) in [5.74, 6) is 0. The summed E-state index contributed by atoms with van der Waals surface area (Å²) in [6.07, 6.45) is -0.0626. The van der Waals surface area contributed by atoms with Crippen LogP contribution >= 0.6 is 0 Å². The topological polar surface area (TPSA) is 57.6 Å². The van der Waals surface area contributed by atoms with Crippen molar-refractivity contribution in [2.75, 3.05) is 13.6 Å². The third-order valence-corrected chi connectivity index (χ3v) is 4.46. The van der Waals surface area contributed by atoms with Gasteiger partial charge in [0.25, 0.3) is 0 Å². The average molecular weight is 257 g/mol. The highest BCUT2D eigenvalue weighted by molar-refractivity contribution is 7.89. The molecular formula is C12H19NO3S. The van der Waals surface area contributed by atoms with E-state index in [0.717, 1.165) is 5.56 Å². The van der Waals surface area contributed by atoms with Gasteiger partial charge in [0.2, 0.25) is 10.0 Å². The molecule has 1 rings (SSSR count). The fourth-order valence-electron chi connectivity index (χ4n) is 1.38. The highest BCUT2D eigenvalue weighted by atomic mass is 32.2. The van der Waals surface area contributed by atoms with Gasteiger partial charge >= 0.3 is 0 Å². The SMILES string of the molecule is Cc1ccc(S(=O)(=O)N(C)CCC(C)O)cc1. The molecule has 0 aromatic heterocycles. The van der Waals surface area contributed by atoms with Crippen LogP contribution in [0, 0.1) is 6.92 Å². The van der Waals surface area contributed by atoms with Gasteiger partial charge in [0.15, 0.2) is 0 Å². The molecule has 1 atom stereocenters. The zero-order valence-electron chi connectivity index (χ0n) is 10.4. The van der Waals surface area contributed by atoms with Crippen molar-refractivity contribution in [1.29, 1.82) is 0 Å². The highest BCUT2D eigenvalue weighted by Gasteiger charge is 2.20. The summed E-state index contributed by atoms with van der Waals surface area (Å²) in [6, 6.07) is 6.75. The summed E-state index contributed by atoms with van der Waals surface area (Å²) in [5, 5.41) is 9.15. The number of hydrogen-bond acceptors (Lipinski definition) is 3.